The van der Waals surface area contributed by atoms with Gasteiger partial charge in [0.25, 0.3) is 0 Å². The molecule has 2 nitrogen and oxygen atoms in total. The number of fused-ring (bicyclic) bond motifs is 1. The molecule has 17 heavy (non-hydrogen) atoms. The molecule has 0 spiro atoms. The van der Waals surface area contributed by atoms with Gasteiger partial charge in [-0.05, 0) is 31.2 Å². The lowest BCUT2D eigenvalue weighted by Crippen LogP contribution is -2.17. The van der Waals surface area contributed by atoms with Crippen molar-refractivity contribution in [1.29, 1.82) is 0 Å². The van der Waals surface area contributed by atoms with Crippen LogP contribution < -0.4 is 4.74 Å². The molecule has 0 aliphatic carbocycles. The number of hydrogen-bond acceptors (Lipinski definition) is 2. The Morgan fingerprint density at radius 3 is 2.59 bits per heavy atom. The predicted octanol–water partition coefficient (Wildman–Crippen LogP) is 4.20. The topological polar surface area (TPSA) is 22.1 Å². The molecule has 0 atom stereocenters. The van der Waals surface area contributed by atoms with Gasteiger partial charge < -0.3 is 4.74 Å². The van der Waals surface area contributed by atoms with Crippen molar-refractivity contribution in [3.63, 3.8) is 0 Å². The van der Waals surface area contributed by atoms with E-state index in [2.05, 4.69) is 25.7 Å². The molecule has 1 aromatic heterocycles. The minimum atomic E-state index is -4.68. The molecule has 0 aliphatic rings. The first-order valence-corrected chi connectivity index (χ1v) is 5.47. The van der Waals surface area contributed by atoms with E-state index in [1.807, 2.05) is 6.92 Å². The van der Waals surface area contributed by atoms with E-state index < -0.39 is 6.36 Å². The van der Waals surface area contributed by atoms with Gasteiger partial charge in [-0.25, -0.2) is 0 Å². The van der Waals surface area contributed by atoms with Crippen molar-refractivity contribution in [1.82, 2.24) is 4.98 Å². The van der Waals surface area contributed by atoms with E-state index in [1.54, 1.807) is 6.07 Å². The third-order valence-electron chi connectivity index (χ3n) is 2.09. The Morgan fingerprint density at radius 2 is 1.94 bits per heavy atom. The van der Waals surface area contributed by atoms with Gasteiger partial charge in [0.15, 0.2) is 0 Å². The highest BCUT2D eigenvalue weighted by molar-refractivity contribution is 9.10. The van der Waals surface area contributed by atoms with Gasteiger partial charge in [0.2, 0.25) is 0 Å². The second-order valence-corrected chi connectivity index (χ2v) is 4.33. The molecule has 0 saturated carbocycles. The maximum Gasteiger partial charge on any atom is 0.573 e. The number of ether oxygens (including phenoxy) is 1. The average Bonchev–Trinajstić information content (AvgIpc) is 2.16. The number of nitrogens with zero attached hydrogens (tertiary/aromatic N) is 1. The first-order chi connectivity index (χ1) is 7.85. The Balaban J connectivity index is 2.51. The van der Waals surface area contributed by atoms with E-state index in [0.717, 1.165) is 5.69 Å². The van der Waals surface area contributed by atoms with Gasteiger partial charge in [-0.2, -0.15) is 0 Å². The van der Waals surface area contributed by atoms with Gasteiger partial charge in [0, 0.05) is 15.6 Å². The summed E-state index contributed by atoms with van der Waals surface area (Å²) < 4.78 is 40.7. The van der Waals surface area contributed by atoms with Gasteiger partial charge in [-0.15, -0.1) is 13.2 Å². The van der Waals surface area contributed by atoms with Crippen LogP contribution in [0.1, 0.15) is 5.69 Å². The molecule has 0 N–H and O–H groups in total. The molecule has 0 fully saturated rings. The predicted molar refractivity (Wildman–Crippen MR) is 60.9 cm³/mol. The summed E-state index contributed by atoms with van der Waals surface area (Å²) in [5, 5.41) is 0.581. The fourth-order valence-corrected chi connectivity index (χ4v) is 2.13. The Morgan fingerprint density at radius 1 is 1.24 bits per heavy atom. The number of alkyl halides is 3. The lowest BCUT2D eigenvalue weighted by atomic mass is 10.2. The van der Waals surface area contributed by atoms with E-state index in [0.29, 0.717) is 15.4 Å². The second kappa shape index (κ2) is 4.18. The molecule has 0 unspecified atom stereocenters. The van der Waals surface area contributed by atoms with Crippen molar-refractivity contribution in [2.45, 2.75) is 13.3 Å². The van der Waals surface area contributed by atoms with Crippen LogP contribution in [0.15, 0.2) is 28.7 Å². The maximum atomic E-state index is 12.1. The van der Waals surface area contributed by atoms with Crippen LogP contribution >= 0.6 is 15.9 Å². The van der Waals surface area contributed by atoms with Crippen LogP contribution in [0.2, 0.25) is 0 Å². The summed E-state index contributed by atoms with van der Waals surface area (Å²) in [6.07, 6.45) is -4.68. The van der Waals surface area contributed by atoms with Crippen LogP contribution in [0.25, 0.3) is 10.9 Å². The molecule has 1 heterocycles. The second-order valence-electron chi connectivity index (χ2n) is 3.47. The van der Waals surface area contributed by atoms with Gasteiger partial charge in [-0.3, -0.25) is 4.98 Å². The largest absolute Gasteiger partial charge is 0.573 e. The van der Waals surface area contributed by atoms with Gasteiger partial charge in [0.05, 0.1) is 5.52 Å². The third-order valence-corrected chi connectivity index (χ3v) is 2.75. The summed E-state index contributed by atoms with van der Waals surface area (Å²) in [4.78, 5) is 4.21. The van der Waals surface area contributed by atoms with Gasteiger partial charge >= 0.3 is 6.36 Å². The minimum Gasteiger partial charge on any atom is -0.406 e. The third kappa shape index (κ3) is 2.88. The fraction of sp³-hybridized carbons (Fsp3) is 0.182. The first kappa shape index (κ1) is 12.2. The Hall–Kier alpha value is -1.30. The van der Waals surface area contributed by atoms with Crippen molar-refractivity contribution in [3.8, 4) is 5.75 Å². The first-order valence-electron chi connectivity index (χ1n) is 4.68. The molecule has 1 aromatic carbocycles. The van der Waals surface area contributed by atoms with Crippen molar-refractivity contribution in [2.24, 2.45) is 0 Å². The maximum absolute atomic E-state index is 12.1. The molecule has 0 amide bonds. The van der Waals surface area contributed by atoms with E-state index >= 15 is 0 Å². The number of halogens is 4. The monoisotopic (exact) mass is 305 g/mol. The van der Waals surface area contributed by atoms with Crippen LogP contribution in [-0.2, 0) is 0 Å². The summed E-state index contributed by atoms with van der Waals surface area (Å²) >= 11 is 3.28. The molecule has 2 rings (SSSR count). The lowest BCUT2D eigenvalue weighted by molar-refractivity contribution is -0.274. The molecule has 90 valence electrons. The summed E-state index contributed by atoms with van der Waals surface area (Å²) in [5.41, 5.74) is 1.40. The molecule has 0 aliphatic heterocycles. The van der Waals surface area contributed by atoms with E-state index in [9.17, 15) is 13.2 Å². The number of aromatic nitrogens is 1. The van der Waals surface area contributed by atoms with Crippen LogP contribution in [0.3, 0.4) is 0 Å². The zero-order chi connectivity index (χ0) is 12.6. The molecular formula is C11H7BrF3NO. The van der Waals surface area contributed by atoms with Crippen molar-refractivity contribution < 1.29 is 17.9 Å². The normalized spacial score (nSPS) is 11.8. The molecule has 0 radical (unpaired) electrons. The number of rotatable bonds is 1. The SMILES string of the molecule is Cc1cc(Br)c2cc(OC(F)(F)F)ccc2n1. The van der Waals surface area contributed by atoms with E-state index in [1.165, 1.54) is 18.2 Å². The Kier molecular flexibility index (Phi) is 2.99. The Bertz CT molecular complexity index is 568. The van der Waals surface area contributed by atoms with Crippen LogP contribution in [0.4, 0.5) is 13.2 Å². The van der Waals surface area contributed by atoms with E-state index in [-0.39, 0.29) is 5.75 Å². The average molecular weight is 306 g/mol. The summed E-state index contributed by atoms with van der Waals surface area (Å²) in [5.74, 6) is -0.253. The van der Waals surface area contributed by atoms with Gasteiger partial charge in [-0.1, -0.05) is 15.9 Å². The van der Waals surface area contributed by atoms with Crippen molar-refractivity contribution >= 4 is 26.8 Å². The van der Waals surface area contributed by atoms with Crippen LogP contribution in [0.5, 0.6) is 5.75 Å². The standard InChI is InChI=1S/C11H7BrF3NO/c1-6-4-9(12)8-5-7(17-11(13,14)15)2-3-10(8)16-6/h2-5H,1H3. The quantitative estimate of drug-likeness (QED) is 0.787. The highest BCUT2D eigenvalue weighted by Crippen LogP contribution is 2.30. The highest BCUT2D eigenvalue weighted by Gasteiger charge is 2.31. The van der Waals surface area contributed by atoms with Crippen molar-refractivity contribution in [2.75, 3.05) is 0 Å². The molecule has 6 heteroatoms. The lowest BCUT2D eigenvalue weighted by Gasteiger charge is -2.10. The van der Waals surface area contributed by atoms with Gasteiger partial charge in [0.1, 0.15) is 5.75 Å². The summed E-state index contributed by atoms with van der Waals surface area (Å²) in [7, 11) is 0. The minimum absolute atomic E-state index is 0.253. The molecule has 2 aromatic rings. The Labute approximate surface area is 104 Å². The molecular weight excluding hydrogens is 299 g/mol. The van der Waals surface area contributed by atoms with Crippen molar-refractivity contribution in [3.05, 3.63) is 34.4 Å². The smallest absolute Gasteiger partial charge is 0.406 e. The van der Waals surface area contributed by atoms with E-state index in [4.69, 9.17) is 0 Å². The number of benzene rings is 1. The van der Waals surface area contributed by atoms with Crippen LogP contribution in [-0.4, -0.2) is 11.3 Å². The summed E-state index contributed by atoms with van der Waals surface area (Å²) in [6, 6.07) is 5.78. The van der Waals surface area contributed by atoms with Crippen LogP contribution in [0, 0.1) is 6.92 Å². The molecule has 0 bridgehead atoms. The fourth-order valence-electron chi connectivity index (χ4n) is 1.48. The molecule has 0 saturated heterocycles. The number of aryl methyl sites for hydroxylation is 1. The number of hydrogen-bond donors (Lipinski definition) is 0. The zero-order valence-electron chi connectivity index (χ0n) is 8.68. The summed E-state index contributed by atoms with van der Waals surface area (Å²) in [6.45, 7) is 1.81. The zero-order valence-corrected chi connectivity index (χ0v) is 10.3. The number of pyridine rings is 1. The highest BCUT2D eigenvalue weighted by atomic mass is 79.9.